The lowest BCUT2D eigenvalue weighted by Crippen LogP contribution is -2.00. The number of thiazole rings is 1. The molecule has 0 saturated carbocycles. The van der Waals surface area contributed by atoms with Gasteiger partial charge in [0, 0.05) is 10.9 Å². The van der Waals surface area contributed by atoms with Crippen LogP contribution in [0.1, 0.15) is 29.6 Å². The van der Waals surface area contributed by atoms with Gasteiger partial charge in [-0.25, -0.2) is 9.67 Å². The molecule has 2 heterocycles. The van der Waals surface area contributed by atoms with Crippen LogP contribution in [0, 0.1) is 11.3 Å². The first kappa shape index (κ1) is 14.4. The summed E-state index contributed by atoms with van der Waals surface area (Å²) in [5.41, 5.74) is 3.29. The number of aryl methyl sites for hydroxylation is 1. The Morgan fingerprint density at radius 3 is 3.09 bits per heavy atom. The molecule has 0 atom stereocenters. The molecule has 0 aliphatic heterocycles. The molecule has 0 bridgehead atoms. The molecule has 3 aromatic rings. The van der Waals surface area contributed by atoms with Crippen LogP contribution in [0.15, 0.2) is 35.8 Å². The van der Waals surface area contributed by atoms with E-state index < -0.39 is 0 Å². The van der Waals surface area contributed by atoms with Gasteiger partial charge >= 0.3 is 0 Å². The first-order chi connectivity index (χ1) is 10.8. The molecule has 0 radical (unpaired) electrons. The van der Waals surface area contributed by atoms with Crippen molar-refractivity contribution in [2.45, 2.75) is 26.3 Å². The monoisotopic (exact) mass is 309 g/mol. The molecule has 0 amide bonds. The van der Waals surface area contributed by atoms with Crippen LogP contribution < -0.4 is 0 Å². The number of benzene rings is 1. The molecule has 5 nitrogen and oxygen atoms in total. The van der Waals surface area contributed by atoms with E-state index in [1.54, 1.807) is 22.1 Å². The second kappa shape index (κ2) is 6.50. The summed E-state index contributed by atoms with van der Waals surface area (Å²) in [6, 6.07) is 9.51. The summed E-state index contributed by atoms with van der Waals surface area (Å²) < 4.78 is 1.78. The van der Waals surface area contributed by atoms with Gasteiger partial charge in [-0.05, 0) is 25.0 Å². The molecule has 0 saturated heterocycles. The van der Waals surface area contributed by atoms with Crippen molar-refractivity contribution in [2.75, 3.05) is 0 Å². The summed E-state index contributed by atoms with van der Waals surface area (Å²) in [4.78, 5) is 4.59. The highest BCUT2D eigenvalue weighted by Crippen LogP contribution is 2.18. The van der Waals surface area contributed by atoms with Crippen LogP contribution in [0.3, 0.4) is 0 Å². The molecule has 0 spiro atoms. The molecular weight excluding hydrogens is 294 g/mol. The number of nitriles is 1. The Hall–Kier alpha value is -2.52. The Bertz CT molecular complexity index is 812. The SMILES string of the molecule is CCCc1nc(Cn2cc(-c3cccc(C#N)c3)nn2)cs1. The minimum absolute atomic E-state index is 0.616. The summed E-state index contributed by atoms with van der Waals surface area (Å²) in [6.45, 7) is 2.77. The topological polar surface area (TPSA) is 67.4 Å². The maximum absolute atomic E-state index is 8.96. The Morgan fingerprint density at radius 2 is 2.27 bits per heavy atom. The molecule has 6 heteroatoms. The highest BCUT2D eigenvalue weighted by molar-refractivity contribution is 7.09. The van der Waals surface area contributed by atoms with Gasteiger partial charge in [0.25, 0.3) is 0 Å². The maximum Gasteiger partial charge on any atom is 0.113 e. The first-order valence-corrected chi connectivity index (χ1v) is 8.00. The van der Waals surface area contributed by atoms with E-state index in [1.165, 1.54) is 5.01 Å². The van der Waals surface area contributed by atoms with Gasteiger partial charge in [-0.3, -0.25) is 0 Å². The third-order valence-corrected chi connectivity index (χ3v) is 4.17. The van der Waals surface area contributed by atoms with Crippen LogP contribution in [0.25, 0.3) is 11.3 Å². The Kier molecular flexibility index (Phi) is 4.26. The van der Waals surface area contributed by atoms with Crippen molar-refractivity contribution in [2.24, 2.45) is 0 Å². The minimum atomic E-state index is 0.616. The Labute approximate surface area is 132 Å². The first-order valence-electron chi connectivity index (χ1n) is 7.12. The zero-order valence-corrected chi connectivity index (χ0v) is 13.0. The van der Waals surface area contributed by atoms with Crippen molar-refractivity contribution in [3.8, 4) is 17.3 Å². The van der Waals surface area contributed by atoms with Crippen molar-refractivity contribution < 1.29 is 0 Å². The molecule has 2 aromatic heterocycles. The van der Waals surface area contributed by atoms with Gasteiger partial charge in [0.05, 0.1) is 35.1 Å². The van der Waals surface area contributed by atoms with Crippen LogP contribution in [-0.4, -0.2) is 20.0 Å². The van der Waals surface area contributed by atoms with E-state index >= 15 is 0 Å². The number of aromatic nitrogens is 4. The fraction of sp³-hybridized carbons (Fsp3) is 0.250. The highest BCUT2D eigenvalue weighted by Gasteiger charge is 2.07. The normalized spacial score (nSPS) is 10.5. The second-order valence-electron chi connectivity index (χ2n) is 4.98. The lowest BCUT2D eigenvalue weighted by Gasteiger charge is -1.96. The van der Waals surface area contributed by atoms with E-state index in [9.17, 15) is 0 Å². The summed E-state index contributed by atoms with van der Waals surface area (Å²) in [5, 5.41) is 20.5. The predicted octanol–water partition coefficient (Wildman–Crippen LogP) is 3.27. The van der Waals surface area contributed by atoms with Crippen LogP contribution in [-0.2, 0) is 13.0 Å². The molecule has 3 rings (SSSR count). The fourth-order valence-electron chi connectivity index (χ4n) is 2.17. The maximum atomic E-state index is 8.96. The van der Waals surface area contributed by atoms with Gasteiger partial charge in [0.15, 0.2) is 0 Å². The smallest absolute Gasteiger partial charge is 0.113 e. The standard InChI is InChI=1S/C16H15N5S/c1-2-4-16-18-14(11-22-16)9-21-10-15(19-20-21)13-6-3-5-12(7-13)8-17/h3,5-7,10-11H,2,4,9H2,1H3. The molecule has 0 aliphatic rings. The van der Waals surface area contributed by atoms with Crippen molar-refractivity contribution in [3.63, 3.8) is 0 Å². The molecule has 0 unspecified atom stereocenters. The van der Waals surface area contributed by atoms with Gasteiger partial charge in [0.1, 0.15) is 5.69 Å². The summed E-state index contributed by atoms with van der Waals surface area (Å²) in [5.74, 6) is 0. The molecule has 0 aliphatic carbocycles. The quantitative estimate of drug-likeness (QED) is 0.725. The van der Waals surface area contributed by atoms with E-state index in [0.717, 1.165) is 29.8 Å². The summed E-state index contributed by atoms with van der Waals surface area (Å²) in [7, 11) is 0. The number of nitrogens with zero attached hydrogens (tertiary/aromatic N) is 5. The molecule has 0 N–H and O–H groups in total. The van der Waals surface area contributed by atoms with Crippen molar-refractivity contribution in [3.05, 3.63) is 52.1 Å². The minimum Gasteiger partial charge on any atom is -0.246 e. The van der Waals surface area contributed by atoms with Gasteiger partial charge in [0.2, 0.25) is 0 Å². The van der Waals surface area contributed by atoms with E-state index in [0.29, 0.717) is 12.1 Å². The Balaban J connectivity index is 1.76. The highest BCUT2D eigenvalue weighted by atomic mass is 32.1. The molecule has 1 aromatic carbocycles. The van der Waals surface area contributed by atoms with Gasteiger partial charge in [-0.2, -0.15) is 5.26 Å². The molecule has 0 fully saturated rings. The lowest BCUT2D eigenvalue weighted by atomic mass is 10.1. The van der Waals surface area contributed by atoms with Crippen LogP contribution >= 0.6 is 11.3 Å². The summed E-state index contributed by atoms with van der Waals surface area (Å²) >= 11 is 1.69. The third kappa shape index (κ3) is 3.21. The average Bonchev–Trinajstić information content (AvgIpc) is 3.18. The second-order valence-corrected chi connectivity index (χ2v) is 5.92. The average molecular weight is 309 g/mol. The predicted molar refractivity (Wildman–Crippen MR) is 85.4 cm³/mol. The van der Waals surface area contributed by atoms with E-state index in [-0.39, 0.29) is 0 Å². The number of hydrogen-bond acceptors (Lipinski definition) is 5. The third-order valence-electron chi connectivity index (χ3n) is 3.21. The van der Waals surface area contributed by atoms with Gasteiger partial charge in [-0.1, -0.05) is 24.3 Å². The van der Waals surface area contributed by atoms with Gasteiger partial charge in [-0.15, -0.1) is 16.4 Å². The van der Waals surface area contributed by atoms with Crippen LogP contribution in [0.4, 0.5) is 0 Å². The van der Waals surface area contributed by atoms with Crippen molar-refractivity contribution in [1.82, 2.24) is 20.0 Å². The molecular formula is C16H15N5S. The summed E-state index contributed by atoms with van der Waals surface area (Å²) in [6.07, 6.45) is 4.01. The Morgan fingerprint density at radius 1 is 1.36 bits per heavy atom. The molecule has 22 heavy (non-hydrogen) atoms. The number of hydrogen-bond donors (Lipinski definition) is 0. The largest absolute Gasteiger partial charge is 0.246 e. The van der Waals surface area contributed by atoms with E-state index in [2.05, 4.69) is 33.7 Å². The van der Waals surface area contributed by atoms with Gasteiger partial charge < -0.3 is 0 Å². The number of rotatable bonds is 5. The molecule has 110 valence electrons. The van der Waals surface area contributed by atoms with Crippen LogP contribution in [0.2, 0.25) is 0 Å². The zero-order valence-electron chi connectivity index (χ0n) is 12.2. The van der Waals surface area contributed by atoms with E-state index in [4.69, 9.17) is 5.26 Å². The van der Waals surface area contributed by atoms with Crippen molar-refractivity contribution >= 4 is 11.3 Å². The zero-order chi connectivity index (χ0) is 15.4. The van der Waals surface area contributed by atoms with Crippen molar-refractivity contribution in [1.29, 1.82) is 5.26 Å². The van der Waals surface area contributed by atoms with E-state index in [1.807, 2.05) is 24.4 Å². The van der Waals surface area contributed by atoms with Crippen LogP contribution in [0.5, 0.6) is 0 Å². The lowest BCUT2D eigenvalue weighted by molar-refractivity contribution is 0.639. The fourth-order valence-corrected chi connectivity index (χ4v) is 3.06.